The number of carbonyl (C=O) groups is 3. The fourth-order valence-corrected chi connectivity index (χ4v) is 5.36. The molecule has 0 fully saturated rings. The second-order valence-electron chi connectivity index (χ2n) is 12.7. The number of hydrogen-bond donors (Lipinski definition) is 7. The Morgan fingerprint density at radius 3 is 1.62 bits per heavy atom. The number of carbonyl (C=O) groups excluding carboxylic acids is 3. The molecule has 0 aromatic rings. The summed E-state index contributed by atoms with van der Waals surface area (Å²) in [6, 6.07) is -1.38. The van der Waals surface area contributed by atoms with Crippen molar-refractivity contribution in [2.75, 3.05) is 39.3 Å². The molecule has 0 aliphatic heterocycles. The highest BCUT2D eigenvalue weighted by molar-refractivity contribution is 5.89. The van der Waals surface area contributed by atoms with Crippen molar-refractivity contribution >= 4 is 17.7 Å². The van der Waals surface area contributed by atoms with E-state index in [1.54, 1.807) is 0 Å². The van der Waals surface area contributed by atoms with Crippen LogP contribution in [0, 0.1) is 0 Å². The maximum atomic E-state index is 12.7. The molecule has 0 bridgehead atoms. The van der Waals surface area contributed by atoms with Crippen molar-refractivity contribution < 1.29 is 14.4 Å². The Morgan fingerprint density at radius 1 is 0.533 bits per heavy atom. The molecule has 266 valence electrons. The molecule has 0 saturated heterocycles. The van der Waals surface area contributed by atoms with E-state index in [0.717, 1.165) is 45.2 Å². The summed E-state index contributed by atoms with van der Waals surface area (Å²) in [7, 11) is 0. The van der Waals surface area contributed by atoms with E-state index in [1.807, 2.05) is 0 Å². The largest absolute Gasteiger partial charge is 0.356 e. The summed E-state index contributed by atoms with van der Waals surface area (Å²) < 4.78 is 0. The van der Waals surface area contributed by atoms with E-state index in [4.69, 9.17) is 17.2 Å². The van der Waals surface area contributed by atoms with Gasteiger partial charge in [0.25, 0.3) is 0 Å². The minimum Gasteiger partial charge on any atom is -0.356 e. The number of rotatable bonds is 34. The Morgan fingerprint density at radius 2 is 1.04 bits per heavy atom. The van der Waals surface area contributed by atoms with Gasteiger partial charge in [0, 0.05) is 19.5 Å². The minimum atomic E-state index is -0.731. The van der Waals surface area contributed by atoms with Gasteiger partial charge >= 0.3 is 0 Å². The zero-order valence-electron chi connectivity index (χ0n) is 29.1. The zero-order chi connectivity index (χ0) is 33.2. The summed E-state index contributed by atoms with van der Waals surface area (Å²) in [5.41, 5.74) is 17.2. The third kappa shape index (κ3) is 29.4. The Balaban J connectivity index is 3.86. The third-order valence-corrected chi connectivity index (χ3v) is 8.33. The summed E-state index contributed by atoms with van der Waals surface area (Å²) in [5, 5.41) is 12.0. The molecule has 0 spiro atoms. The minimum absolute atomic E-state index is 0.0626. The summed E-state index contributed by atoms with van der Waals surface area (Å²) in [4.78, 5) is 37.5. The highest BCUT2D eigenvalue weighted by Gasteiger charge is 2.23. The predicted octanol–water partition coefficient (Wildman–Crippen LogP) is 4.53. The Bertz CT molecular complexity index is 696. The molecule has 0 rings (SSSR count). The lowest BCUT2D eigenvalue weighted by Crippen LogP contribution is -2.52. The van der Waals surface area contributed by atoms with Crippen molar-refractivity contribution in [2.24, 2.45) is 17.2 Å². The van der Waals surface area contributed by atoms with Crippen molar-refractivity contribution in [3.8, 4) is 0 Å². The number of nitrogens with two attached hydrogens (primary N) is 3. The van der Waals surface area contributed by atoms with Crippen LogP contribution in [0.3, 0.4) is 0 Å². The summed E-state index contributed by atoms with van der Waals surface area (Å²) in [6.07, 6.45) is 25.1. The van der Waals surface area contributed by atoms with Crippen LogP contribution in [0.1, 0.15) is 155 Å². The molecule has 0 aromatic carbocycles. The van der Waals surface area contributed by atoms with Crippen molar-refractivity contribution in [2.45, 2.75) is 167 Å². The van der Waals surface area contributed by atoms with Crippen LogP contribution in [0.25, 0.3) is 0 Å². The van der Waals surface area contributed by atoms with Gasteiger partial charge in [-0.3, -0.25) is 14.4 Å². The average molecular weight is 640 g/mol. The fourth-order valence-electron chi connectivity index (χ4n) is 5.36. The molecule has 0 aliphatic carbocycles. The van der Waals surface area contributed by atoms with Gasteiger partial charge in [-0.15, -0.1) is 0 Å². The van der Waals surface area contributed by atoms with Gasteiger partial charge in [0.1, 0.15) is 6.04 Å². The standard InChI is InChI=1S/C35H73N7O3/c1-2-3-4-5-6-7-8-9-10-11-12-13-14-15-16-24-33(43)40-30-20-22-31(38)34(44)42-32(23-19-25-36)35(45)41-29-18-17-27-39-28-21-26-37/h31-32,39H,2-30,36-38H2,1H3,(H,40,43)(H,41,45)(H,42,44)/t31-,32-/m0/s1. The van der Waals surface area contributed by atoms with Gasteiger partial charge in [0.15, 0.2) is 0 Å². The van der Waals surface area contributed by atoms with Gasteiger partial charge in [-0.1, -0.05) is 96.8 Å². The Labute approximate surface area is 276 Å². The molecule has 0 unspecified atom stereocenters. The van der Waals surface area contributed by atoms with Crippen LogP contribution in [0.4, 0.5) is 0 Å². The van der Waals surface area contributed by atoms with E-state index < -0.39 is 12.1 Å². The van der Waals surface area contributed by atoms with E-state index in [1.165, 1.54) is 83.5 Å². The van der Waals surface area contributed by atoms with Gasteiger partial charge in [-0.05, 0) is 77.5 Å². The van der Waals surface area contributed by atoms with E-state index >= 15 is 0 Å². The first-order valence-electron chi connectivity index (χ1n) is 18.7. The molecular formula is C35H73N7O3. The van der Waals surface area contributed by atoms with Gasteiger partial charge in [-0.2, -0.15) is 0 Å². The fraction of sp³-hybridized carbons (Fsp3) is 0.914. The maximum Gasteiger partial charge on any atom is 0.242 e. The lowest BCUT2D eigenvalue weighted by molar-refractivity contribution is -0.129. The van der Waals surface area contributed by atoms with Crippen LogP contribution >= 0.6 is 0 Å². The zero-order valence-corrected chi connectivity index (χ0v) is 29.1. The monoisotopic (exact) mass is 640 g/mol. The molecule has 0 aliphatic rings. The molecule has 3 amide bonds. The molecule has 45 heavy (non-hydrogen) atoms. The quantitative estimate of drug-likeness (QED) is 0.0506. The van der Waals surface area contributed by atoms with Crippen LogP contribution in [0.2, 0.25) is 0 Å². The highest BCUT2D eigenvalue weighted by Crippen LogP contribution is 2.13. The summed E-state index contributed by atoms with van der Waals surface area (Å²) in [6.45, 7) is 6.23. The number of unbranched alkanes of at least 4 members (excludes halogenated alkanes) is 15. The van der Waals surface area contributed by atoms with Crippen molar-refractivity contribution in [1.29, 1.82) is 0 Å². The summed E-state index contributed by atoms with van der Waals surface area (Å²) in [5.74, 6) is -0.487. The molecule has 0 aromatic heterocycles. The van der Waals surface area contributed by atoms with Crippen molar-refractivity contribution in [1.82, 2.24) is 21.3 Å². The van der Waals surface area contributed by atoms with Crippen LogP contribution in [0.5, 0.6) is 0 Å². The second-order valence-corrected chi connectivity index (χ2v) is 12.7. The van der Waals surface area contributed by atoms with Gasteiger partial charge in [-0.25, -0.2) is 0 Å². The van der Waals surface area contributed by atoms with Crippen molar-refractivity contribution in [3.05, 3.63) is 0 Å². The molecule has 10 nitrogen and oxygen atoms in total. The molecular weight excluding hydrogens is 566 g/mol. The third-order valence-electron chi connectivity index (χ3n) is 8.33. The van der Waals surface area contributed by atoms with Crippen LogP contribution in [-0.2, 0) is 14.4 Å². The van der Waals surface area contributed by atoms with Crippen LogP contribution < -0.4 is 38.5 Å². The average Bonchev–Trinajstić information content (AvgIpc) is 3.04. The van der Waals surface area contributed by atoms with E-state index in [9.17, 15) is 14.4 Å². The molecule has 2 atom stereocenters. The first-order valence-corrected chi connectivity index (χ1v) is 18.7. The molecule has 10 N–H and O–H groups in total. The first-order chi connectivity index (χ1) is 22.0. The lowest BCUT2D eigenvalue weighted by atomic mass is 10.0. The van der Waals surface area contributed by atoms with Crippen LogP contribution in [-0.4, -0.2) is 69.1 Å². The van der Waals surface area contributed by atoms with Crippen LogP contribution in [0.15, 0.2) is 0 Å². The highest BCUT2D eigenvalue weighted by atomic mass is 16.2. The number of nitrogens with one attached hydrogen (secondary N) is 4. The first kappa shape index (κ1) is 43.2. The van der Waals surface area contributed by atoms with E-state index in [-0.39, 0.29) is 17.7 Å². The van der Waals surface area contributed by atoms with Crippen molar-refractivity contribution in [3.63, 3.8) is 0 Å². The molecule has 0 saturated carbocycles. The molecule has 0 heterocycles. The molecule has 10 heteroatoms. The van der Waals surface area contributed by atoms with E-state index in [0.29, 0.717) is 58.3 Å². The Hall–Kier alpha value is -1.75. The maximum absolute atomic E-state index is 12.7. The second kappa shape index (κ2) is 33.6. The predicted molar refractivity (Wildman–Crippen MR) is 189 cm³/mol. The SMILES string of the molecule is CCCCCCCCCCCCCCCCCC(=O)NCCC[C@H](N)C(=O)N[C@@H](CCCN)C(=O)NCCCCNCCCN. The van der Waals surface area contributed by atoms with Gasteiger partial charge < -0.3 is 38.5 Å². The Kier molecular flexibility index (Phi) is 32.3. The topological polar surface area (TPSA) is 177 Å². The number of hydrogen-bond acceptors (Lipinski definition) is 7. The smallest absolute Gasteiger partial charge is 0.242 e. The van der Waals surface area contributed by atoms with Gasteiger partial charge in [0.2, 0.25) is 17.7 Å². The number of amides is 3. The summed E-state index contributed by atoms with van der Waals surface area (Å²) >= 11 is 0. The normalized spacial score (nSPS) is 12.5. The van der Waals surface area contributed by atoms with Gasteiger partial charge in [0.05, 0.1) is 6.04 Å². The lowest BCUT2D eigenvalue weighted by Gasteiger charge is -2.20. The molecule has 0 radical (unpaired) electrons. The van der Waals surface area contributed by atoms with E-state index in [2.05, 4.69) is 28.2 Å².